The number of nitrogens with two attached hydrogens (primary N) is 1. The van der Waals surface area contributed by atoms with Crippen molar-refractivity contribution in [3.8, 4) is 11.3 Å². The van der Waals surface area contributed by atoms with E-state index >= 15 is 0 Å². The van der Waals surface area contributed by atoms with E-state index < -0.39 is 0 Å². The number of aromatic nitrogens is 3. The van der Waals surface area contributed by atoms with Crippen LogP contribution in [0.2, 0.25) is 0 Å². The molecule has 0 bridgehead atoms. The zero-order valence-electron chi connectivity index (χ0n) is 9.80. The van der Waals surface area contributed by atoms with Crippen LogP contribution in [-0.2, 0) is 0 Å². The molecule has 5 nitrogen and oxygen atoms in total. The quantitative estimate of drug-likeness (QED) is 0.626. The molecule has 1 aromatic carbocycles. The van der Waals surface area contributed by atoms with Crippen LogP contribution in [0.1, 0.15) is 6.42 Å². The van der Waals surface area contributed by atoms with E-state index in [-0.39, 0.29) is 5.56 Å². The highest BCUT2D eigenvalue weighted by Gasteiger charge is 2.06. The fourth-order valence-corrected chi connectivity index (χ4v) is 2.19. The van der Waals surface area contributed by atoms with Crippen molar-refractivity contribution >= 4 is 11.8 Å². The average Bonchev–Trinajstić information content (AvgIpc) is 2.40. The second-order valence-electron chi connectivity index (χ2n) is 3.66. The first-order valence-corrected chi connectivity index (χ1v) is 6.65. The third-order valence-corrected chi connectivity index (χ3v) is 3.26. The number of nitrogens with one attached hydrogen (secondary N) is 1. The van der Waals surface area contributed by atoms with Crippen molar-refractivity contribution in [1.82, 2.24) is 15.2 Å². The van der Waals surface area contributed by atoms with Crippen LogP contribution in [0.15, 0.2) is 40.3 Å². The molecule has 6 heteroatoms. The van der Waals surface area contributed by atoms with Gasteiger partial charge in [0.25, 0.3) is 5.56 Å². The summed E-state index contributed by atoms with van der Waals surface area (Å²) in [6, 6.07) is 9.28. The highest BCUT2D eigenvalue weighted by Crippen LogP contribution is 2.14. The first-order valence-electron chi connectivity index (χ1n) is 5.66. The molecule has 0 saturated heterocycles. The maximum absolute atomic E-state index is 11.9. The number of H-pyrrole nitrogens is 1. The van der Waals surface area contributed by atoms with E-state index in [1.54, 1.807) is 0 Å². The Morgan fingerprint density at radius 3 is 2.67 bits per heavy atom. The number of rotatable bonds is 5. The number of hydrogen-bond donors (Lipinski definition) is 2. The molecule has 0 atom stereocenters. The number of hydrogen-bond acceptors (Lipinski definition) is 5. The zero-order chi connectivity index (χ0) is 12.8. The molecule has 0 aliphatic heterocycles. The molecule has 0 aliphatic rings. The summed E-state index contributed by atoms with van der Waals surface area (Å²) >= 11 is 1.45. The van der Waals surface area contributed by atoms with Crippen LogP contribution < -0.4 is 11.3 Å². The van der Waals surface area contributed by atoms with Crippen molar-refractivity contribution in [2.75, 3.05) is 12.3 Å². The van der Waals surface area contributed by atoms with Crippen LogP contribution in [-0.4, -0.2) is 27.5 Å². The molecule has 0 spiro atoms. The highest BCUT2D eigenvalue weighted by molar-refractivity contribution is 7.99. The van der Waals surface area contributed by atoms with Gasteiger partial charge in [0.2, 0.25) is 0 Å². The molecule has 0 unspecified atom stereocenters. The SMILES string of the molecule is NCCCSc1nnc(-c2ccccc2)c(=O)[nH]1. The lowest BCUT2D eigenvalue weighted by Crippen LogP contribution is -2.14. The molecule has 94 valence electrons. The second kappa shape index (κ2) is 6.32. The summed E-state index contributed by atoms with van der Waals surface area (Å²) in [5.41, 5.74) is 6.30. The minimum absolute atomic E-state index is 0.216. The predicted molar refractivity (Wildman–Crippen MR) is 72.5 cm³/mol. The monoisotopic (exact) mass is 262 g/mol. The van der Waals surface area contributed by atoms with Crippen molar-refractivity contribution in [3.05, 3.63) is 40.7 Å². The number of benzene rings is 1. The van der Waals surface area contributed by atoms with Gasteiger partial charge in [-0.25, -0.2) is 0 Å². The lowest BCUT2D eigenvalue weighted by atomic mass is 10.2. The molecule has 3 N–H and O–H groups in total. The van der Waals surface area contributed by atoms with Crippen molar-refractivity contribution in [2.45, 2.75) is 11.6 Å². The van der Waals surface area contributed by atoms with Crippen LogP contribution in [0.4, 0.5) is 0 Å². The maximum atomic E-state index is 11.9. The summed E-state index contributed by atoms with van der Waals surface area (Å²) in [6.45, 7) is 0.632. The summed E-state index contributed by atoms with van der Waals surface area (Å²) in [5, 5.41) is 8.52. The summed E-state index contributed by atoms with van der Waals surface area (Å²) in [5.74, 6) is 0.825. The van der Waals surface area contributed by atoms with E-state index in [0.29, 0.717) is 17.4 Å². The lowest BCUT2D eigenvalue weighted by molar-refractivity contribution is 0.821. The predicted octanol–water partition coefficient (Wildman–Crippen LogP) is 1.27. The van der Waals surface area contributed by atoms with Gasteiger partial charge in [-0.3, -0.25) is 9.78 Å². The Kier molecular flexibility index (Phi) is 4.49. The topological polar surface area (TPSA) is 84.7 Å². The van der Waals surface area contributed by atoms with Gasteiger partial charge in [-0.15, -0.1) is 10.2 Å². The Morgan fingerprint density at radius 2 is 2.00 bits per heavy atom. The van der Waals surface area contributed by atoms with E-state index in [1.807, 2.05) is 30.3 Å². The largest absolute Gasteiger partial charge is 0.330 e. The molecule has 0 aliphatic carbocycles. The third-order valence-electron chi connectivity index (χ3n) is 2.31. The number of nitrogens with zero attached hydrogens (tertiary/aromatic N) is 2. The van der Waals surface area contributed by atoms with Crippen molar-refractivity contribution < 1.29 is 0 Å². The lowest BCUT2D eigenvalue weighted by Gasteiger charge is -2.01. The van der Waals surface area contributed by atoms with Crippen molar-refractivity contribution in [3.63, 3.8) is 0 Å². The molecular formula is C12H14N4OS. The van der Waals surface area contributed by atoms with E-state index in [0.717, 1.165) is 17.7 Å². The molecule has 1 heterocycles. The minimum Gasteiger partial charge on any atom is -0.330 e. The van der Waals surface area contributed by atoms with Gasteiger partial charge in [-0.05, 0) is 13.0 Å². The number of thioether (sulfide) groups is 1. The fourth-order valence-electron chi connectivity index (χ4n) is 1.42. The Morgan fingerprint density at radius 1 is 1.22 bits per heavy atom. The van der Waals surface area contributed by atoms with Crippen LogP contribution in [0.3, 0.4) is 0 Å². The molecule has 2 aromatic rings. The minimum atomic E-state index is -0.216. The van der Waals surface area contributed by atoms with Crippen molar-refractivity contribution in [2.24, 2.45) is 5.73 Å². The van der Waals surface area contributed by atoms with Crippen molar-refractivity contribution in [1.29, 1.82) is 0 Å². The van der Waals surface area contributed by atoms with E-state index in [4.69, 9.17) is 5.73 Å². The molecule has 1 aromatic heterocycles. The molecular weight excluding hydrogens is 248 g/mol. The van der Waals surface area contributed by atoms with Gasteiger partial charge in [0.15, 0.2) is 10.9 Å². The summed E-state index contributed by atoms with van der Waals surface area (Å²) < 4.78 is 0. The first kappa shape index (κ1) is 12.8. The van der Waals surface area contributed by atoms with Gasteiger partial charge in [0, 0.05) is 11.3 Å². The Balaban J connectivity index is 2.18. The van der Waals surface area contributed by atoms with Gasteiger partial charge in [-0.1, -0.05) is 42.1 Å². The van der Waals surface area contributed by atoms with E-state index in [9.17, 15) is 4.79 Å². The molecule has 0 amide bonds. The Bertz CT molecular complexity index is 556. The Labute approximate surface area is 109 Å². The third kappa shape index (κ3) is 3.18. The molecule has 0 saturated carbocycles. The van der Waals surface area contributed by atoms with Crippen LogP contribution >= 0.6 is 11.8 Å². The average molecular weight is 262 g/mol. The molecule has 0 fully saturated rings. The fraction of sp³-hybridized carbons (Fsp3) is 0.250. The zero-order valence-corrected chi connectivity index (χ0v) is 10.6. The van der Waals surface area contributed by atoms with Crippen LogP contribution in [0.5, 0.6) is 0 Å². The van der Waals surface area contributed by atoms with Gasteiger partial charge in [0.1, 0.15) is 0 Å². The van der Waals surface area contributed by atoms with Gasteiger partial charge < -0.3 is 5.73 Å². The van der Waals surface area contributed by atoms with Gasteiger partial charge >= 0.3 is 0 Å². The molecule has 18 heavy (non-hydrogen) atoms. The normalized spacial score (nSPS) is 10.5. The Hall–Kier alpha value is -1.66. The number of aromatic amines is 1. The smallest absolute Gasteiger partial charge is 0.278 e. The van der Waals surface area contributed by atoms with Crippen LogP contribution in [0, 0.1) is 0 Å². The molecule has 0 radical (unpaired) electrons. The van der Waals surface area contributed by atoms with Gasteiger partial charge in [0.05, 0.1) is 0 Å². The summed E-state index contributed by atoms with van der Waals surface area (Å²) in [4.78, 5) is 14.6. The van der Waals surface area contributed by atoms with Crippen LogP contribution in [0.25, 0.3) is 11.3 Å². The summed E-state index contributed by atoms with van der Waals surface area (Å²) in [7, 11) is 0. The first-order chi connectivity index (χ1) is 8.81. The maximum Gasteiger partial charge on any atom is 0.278 e. The second-order valence-corrected chi connectivity index (χ2v) is 4.75. The van der Waals surface area contributed by atoms with Gasteiger partial charge in [-0.2, -0.15) is 0 Å². The van der Waals surface area contributed by atoms with E-state index in [1.165, 1.54) is 11.8 Å². The standard InChI is InChI=1S/C12H14N4OS/c13-7-4-8-18-12-14-11(17)10(15-16-12)9-5-2-1-3-6-9/h1-3,5-6H,4,7-8,13H2,(H,14,16,17). The highest BCUT2D eigenvalue weighted by atomic mass is 32.2. The van der Waals surface area contributed by atoms with E-state index in [2.05, 4.69) is 15.2 Å². The molecule has 2 rings (SSSR count). The summed E-state index contributed by atoms with van der Waals surface area (Å²) in [6.07, 6.45) is 0.884.